The number of thiazole rings is 1. The zero-order valence-corrected chi connectivity index (χ0v) is 29.3. The largest absolute Gasteiger partial charge is 0.496 e. The molecule has 0 spiro atoms. The van der Waals surface area contributed by atoms with Crippen LogP contribution in [0.5, 0.6) is 23.0 Å². The van der Waals surface area contributed by atoms with Crippen LogP contribution in [0.2, 0.25) is 0 Å². The van der Waals surface area contributed by atoms with Gasteiger partial charge in [0.2, 0.25) is 11.7 Å². The van der Waals surface area contributed by atoms with Crippen LogP contribution in [0.1, 0.15) is 15.9 Å². The van der Waals surface area contributed by atoms with Crippen molar-refractivity contribution in [2.24, 2.45) is 0 Å². The molecule has 0 aliphatic carbocycles. The minimum Gasteiger partial charge on any atom is -0.496 e. The van der Waals surface area contributed by atoms with Crippen LogP contribution in [0.4, 0.5) is 10.8 Å². The molecule has 0 aliphatic rings. The first-order valence-corrected chi connectivity index (χ1v) is 17.0. The second-order valence-electron chi connectivity index (χ2n) is 10.4. The molecule has 0 bridgehead atoms. The fourth-order valence-electron chi connectivity index (χ4n) is 4.74. The number of anilines is 2. The molecule has 4 aromatic carbocycles. The first kappa shape index (κ1) is 35.5. The maximum atomic E-state index is 13.6. The van der Waals surface area contributed by atoms with E-state index in [1.165, 1.54) is 50.5 Å². The van der Waals surface area contributed by atoms with Crippen molar-refractivity contribution < 1.29 is 33.3 Å². The predicted octanol–water partition coefficient (Wildman–Crippen LogP) is 6.98. The summed E-state index contributed by atoms with van der Waals surface area (Å²) < 4.78 is 21.7. The number of ether oxygens (including phenoxy) is 4. The lowest BCUT2D eigenvalue weighted by atomic mass is 10.1. The van der Waals surface area contributed by atoms with Crippen LogP contribution < -0.4 is 34.9 Å². The molecule has 50 heavy (non-hydrogen) atoms. The second kappa shape index (κ2) is 17.0. The highest BCUT2D eigenvalue weighted by molar-refractivity contribution is 8.00. The van der Waals surface area contributed by atoms with Crippen molar-refractivity contribution in [3.63, 3.8) is 0 Å². The molecule has 0 saturated heterocycles. The summed E-state index contributed by atoms with van der Waals surface area (Å²) in [5.74, 6) is 0.803. The van der Waals surface area contributed by atoms with Gasteiger partial charge >= 0.3 is 0 Å². The van der Waals surface area contributed by atoms with Crippen molar-refractivity contribution in [1.82, 2.24) is 10.3 Å². The molecule has 0 atom stereocenters. The summed E-state index contributed by atoms with van der Waals surface area (Å²) in [6.45, 7) is 0. The van der Waals surface area contributed by atoms with E-state index in [1.54, 1.807) is 73.8 Å². The Kier molecular flexibility index (Phi) is 12.1. The summed E-state index contributed by atoms with van der Waals surface area (Å²) in [5.41, 5.74) is 2.94. The number of benzene rings is 4. The predicted molar refractivity (Wildman–Crippen MR) is 197 cm³/mol. The molecule has 0 radical (unpaired) electrons. The lowest BCUT2D eigenvalue weighted by Crippen LogP contribution is -2.30. The SMILES string of the molecule is COc1ccccc1-c1csc(NC(=O)CSc2ccc(NC(=O)/C(=C/c3cc(OC)c(OC)c(OC)c3)NC(=O)c3ccccc3)cc2)n1. The van der Waals surface area contributed by atoms with Gasteiger partial charge in [-0.25, -0.2) is 4.98 Å². The molecule has 3 amide bonds. The minimum absolute atomic E-state index is 0.0145. The number of nitrogens with one attached hydrogen (secondary N) is 3. The van der Waals surface area contributed by atoms with Crippen LogP contribution in [0, 0.1) is 0 Å². The first-order chi connectivity index (χ1) is 24.3. The van der Waals surface area contributed by atoms with E-state index < -0.39 is 11.8 Å². The lowest BCUT2D eigenvalue weighted by molar-refractivity contribution is -0.114. The fraction of sp³-hybridized carbons (Fsp3) is 0.135. The number of aromatic nitrogens is 1. The van der Waals surface area contributed by atoms with Crippen molar-refractivity contribution >= 4 is 57.7 Å². The summed E-state index contributed by atoms with van der Waals surface area (Å²) in [5, 5.41) is 10.8. The Morgan fingerprint density at radius 2 is 1.44 bits per heavy atom. The smallest absolute Gasteiger partial charge is 0.272 e. The third-order valence-corrected chi connectivity index (χ3v) is 8.91. The van der Waals surface area contributed by atoms with Crippen LogP contribution in [-0.4, -0.2) is 56.9 Å². The van der Waals surface area contributed by atoms with E-state index in [0.717, 1.165) is 10.5 Å². The topological polar surface area (TPSA) is 137 Å². The van der Waals surface area contributed by atoms with E-state index in [2.05, 4.69) is 20.9 Å². The van der Waals surface area contributed by atoms with Crippen molar-refractivity contribution in [2.45, 2.75) is 4.90 Å². The lowest BCUT2D eigenvalue weighted by Gasteiger charge is -2.15. The molecule has 1 aromatic heterocycles. The number of hydrogen-bond acceptors (Lipinski definition) is 10. The van der Waals surface area contributed by atoms with Gasteiger partial charge in [-0.05, 0) is 72.3 Å². The molecule has 256 valence electrons. The summed E-state index contributed by atoms with van der Waals surface area (Å²) >= 11 is 2.67. The van der Waals surface area contributed by atoms with Gasteiger partial charge in [0, 0.05) is 27.1 Å². The maximum Gasteiger partial charge on any atom is 0.272 e. The first-order valence-electron chi connectivity index (χ1n) is 15.1. The molecule has 3 N–H and O–H groups in total. The molecule has 0 aliphatic heterocycles. The normalized spacial score (nSPS) is 10.9. The van der Waals surface area contributed by atoms with Gasteiger partial charge in [0.25, 0.3) is 11.8 Å². The van der Waals surface area contributed by atoms with E-state index in [0.29, 0.717) is 50.6 Å². The van der Waals surface area contributed by atoms with Crippen LogP contribution >= 0.6 is 23.1 Å². The molecule has 5 rings (SSSR count). The monoisotopic (exact) mass is 710 g/mol. The molecule has 1 heterocycles. The number of nitrogens with zero attached hydrogens (tertiary/aromatic N) is 1. The second-order valence-corrected chi connectivity index (χ2v) is 12.3. The summed E-state index contributed by atoms with van der Waals surface area (Å²) in [6, 6.07) is 26.5. The molecule has 0 saturated carbocycles. The van der Waals surface area contributed by atoms with Crippen molar-refractivity contribution in [3.8, 4) is 34.3 Å². The molecule has 5 aromatic rings. The van der Waals surface area contributed by atoms with E-state index in [4.69, 9.17) is 18.9 Å². The number of para-hydroxylation sites is 1. The van der Waals surface area contributed by atoms with Crippen molar-refractivity contribution in [1.29, 1.82) is 0 Å². The van der Waals surface area contributed by atoms with Gasteiger partial charge in [-0.3, -0.25) is 14.4 Å². The zero-order valence-electron chi connectivity index (χ0n) is 27.6. The number of carbonyl (C=O) groups is 3. The molecular formula is C37H34N4O7S2. The maximum absolute atomic E-state index is 13.6. The van der Waals surface area contributed by atoms with Gasteiger partial charge in [-0.2, -0.15) is 0 Å². The number of rotatable bonds is 14. The van der Waals surface area contributed by atoms with Crippen LogP contribution in [0.15, 0.2) is 107 Å². The standard InChI is InChI=1S/C37H34N4O7S2/c1-45-30-13-9-8-12-27(30)29-21-50-37(40-29)41-33(42)22-49-26-16-14-25(15-17-26)38-36(44)28(39-35(43)24-10-6-5-7-11-24)18-23-19-31(46-2)34(48-4)32(20-23)47-3/h5-21H,22H2,1-4H3,(H,38,44)(H,39,43)(H,40,41,42)/b28-18-. The van der Waals surface area contributed by atoms with Crippen LogP contribution in [0.25, 0.3) is 17.3 Å². The highest BCUT2D eigenvalue weighted by Gasteiger charge is 2.18. The van der Waals surface area contributed by atoms with Gasteiger partial charge in [-0.1, -0.05) is 30.3 Å². The average molecular weight is 711 g/mol. The summed E-state index contributed by atoms with van der Waals surface area (Å²) in [6.07, 6.45) is 1.52. The number of thioether (sulfide) groups is 1. The molecule has 0 fully saturated rings. The van der Waals surface area contributed by atoms with Crippen LogP contribution in [-0.2, 0) is 9.59 Å². The quantitative estimate of drug-likeness (QED) is 0.0823. The Balaban J connectivity index is 1.25. The number of hydrogen-bond donors (Lipinski definition) is 3. The van der Waals surface area contributed by atoms with E-state index in [1.807, 2.05) is 29.6 Å². The highest BCUT2D eigenvalue weighted by atomic mass is 32.2. The highest BCUT2D eigenvalue weighted by Crippen LogP contribution is 2.39. The third kappa shape index (κ3) is 9.01. The van der Waals surface area contributed by atoms with E-state index >= 15 is 0 Å². The summed E-state index contributed by atoms with van der Waals surface area (Å²) in [7, 11) is 6.08. The van der Waals surface area contributed by atoms with Crippen molar-refractivity contribution in [3.05, 3.63) is 113 Å². The molecular weight excluding hydrogens is 677 g/mol. The molecule has 13 heteroatoms. The van der Waals surface area contributed by atoms with Crippen molar-refractivity contribution in [2.75, 3.05) is 44.8 Å². The van der Waals surface area contributed by atoms with Gasteiger partial charge < -0.3 is 34.9 Å². The van der Waals surface area contributed by atoms with Gasteiger partial charge in [0.05, 0.1) is 39.9 Å². The van der Waals surface area contributed by atoms with E-state index in [-0.39, 0.29) is 17.4 Å². The Morgan fingerprint density at radius 3 is 2.10 bits per heavy atom. The van der Waals surface area contributed by atoms with Gasteiger partial charge in [0.15, 0.2) is 16.6 Å². The fourth-order valence-corrected chi connectivity index (χ4v) is 6.17. The minimum atomic E-state index is -0.557. The number of amides is 3. The molecule has 0 unspecified atom stereocenters. The average Bonchev–Trinajstić information content (AvgIpc) is 3.62. The Labute approximate surface area is 297 Å². The molecule has 11 nitrogen and oxygen atoms in total. The Bertz CT molecular complexity index is 1970. The zero-order chi connectivity index (χ0) is 35.5. The number of carbonyl (C=O) groups excluding carboxylic acids is 3. The van der Waals surface area contributed by atoms with Crippen LogP contribution in [0.3, 0.4) is 0 Å². The van der Waals surface area contributed by atoms with Gasteiger partial charge in [-0.15, -0.1) is 23.1 Å². The Morgan fingerprint density at radius 1 is 0.780 bits per heavy atom. The van der Waals surface area contributed by atoms with E-state index in [9.17, 15) is 14.4 Å². The summed E-state index contributed by atoms with van der Waals surface area (Å²) in [4.78, 5) is 44.7. The third-order valence-electron chi connectivity index (χ3n) is 7.14. The Hall–Kier alpha value is -5.79. The number of methoxy groups -OCH3 is 4. The van der Waals surface area contributed by atoms with Gasteiger partial charge in [0.1, 0.15) is 11.4 Å².